The number of amides is 2. The van der Waals surface area contributed by atoms with Crippen LogP contribution in [0, 0.1) is 5.92 Å². The van der Waals surface area contributed by atoms with Crippen LogP contribution in [0.4, 0.5) is 0 Å². The van der Waals surface area contributed by atoms with Crippen molar-refractivity contribution in [2.75, 3.05) is 26.3 Å². The molecule has 114 valence electrons. The van der Waals surface area contributed by atoms with E-state index in [-0.39, 0.29) is 5.91 Å². The summed E-state index contributed by atoms with van der Waals surface area (Å²) in [5, 5.41) is 0. The van der Waals surface area contributed by atoms with Crippen molar-refractivity contribution >= 4 is 11.8 Å². The van der Waals surface area contributed by atoms with Gasteiger partial charge in [0.2, 0.25) is 11.8 Å². The molecule has 0 aliphatic carbocycles. The van der Waals surface area contributed by atoms with Gasteiger partial charge in [0.25, 0.3) is 0 Å². The van der Waals surface area contributed by atoms with Crippen LogP contribution in [0.2, 0.25) is 0 Å². The highest BCUT2D eigenvalue weighted by Crippen LogP contribution is 2.14. The Bertz CT molecular complexity index is 470. The molecule has 1 aromatic rings. The molecule has 0 aromatic heterocycles. The van der Waals surface area contributed by atoms with Crippen molar-refractivity contribution in [2.45, 2.75) is 19.3 Å². The van der Waals surface area contributed by atoms with Gasteiger partial charge in [0.1, 0.15) is 5.92 Å². The summed E-state index contributed by atoms with van der Waals surface area (Å²) in [6.45, 7) is 2.14. The molecule has 5 heteroatoms. The fourth-order valence-electron chi connectivity index (χ4n) is 2.55. The van der Waals surface area contributed by atoms with Crippen LogP contribution >= 0.6 is 0 Å². The Labute approximate surface area is 125 Å². The number of primary amides is 1. The maximum atomic E-state index is 12.4. The van der Waals surface area contributed by atoms with E-state index in [1.165, 1.54) is 5.56 Å². The number of morpholine rings is 1. The third-order valence-corrected chi connectivity index (χ3v) is 3.77. The zero-order valence-corrected chi connectivity index (χ0v) is 12.2. The summed E-state index contributed by atoms with van der Waals surface area (Å²) in [4.78, 5) is 25.6. The third-order valence-electron chi connectivity index (χ3n) is 3.77. The lowest BCUT2D eigenvalue weighted by Gasteiger charge is -2.29. The molecule has 1 fully saturated rings. The standard InChI is InChI=1S/C16H22N2O3/c17-15(19)14(16(20)18-9-11-21-12-10-18)8-4-7-13-5-2-1-3-6-13/h1-3,5-6,14H,4,7-12H2,(H2,17,19). The van der Waals surface area contributed by atoms with Gasteiger partial charge in [0.15, 0.2) is 0 Å². The normalized spacial score (nSPS) is 16.5. The molecule has 1 heterocycles. The second kappa shape index (κ2) is 7.78. The molecule has 2 amide bonds. The maximum absolute atomic E-state index is 12.4. The Morgan fingerprint density at radius 1 is 1.19 bits per heavy atom. The molecule has 0 saturated carbocycles. The lowest BCUT2D eigenvalue weighted by atomic mass is 9.97. The van der Waals surface area contributed by atoms with Gasteiger partial charge in [0.05, 0.1) is 13.2 Å². The Hall–Kier alpha value is -1.88. The number of hydrogen-bond donors (Lipinski definition) is 1. The van der Waals surface area contributed by atoms with Crippen molar-refractivity contribution < 1.29 is 14.3 Å². The average Bonchev–Trinajstić information content (AvgIpc) is 2.52. The monoisotopic (exact) mass is 290 g/mol. The molecule has 1 unspecified atom stereocenters. The van der Waals surface area contributed by atoms with Gasteiger partial charge in [-0.25, -0.2) is 0 Å². The van der Waals surface area contributed by atoms with Crippen LogP contribution in [-0.4, -0.2) is 43.0 Å². The molecule has 0 spiro atoms. The highest BCUT2D eigenvalue weighted by atomic mass is 16.5. The number of carbonyl (C=O) groups is 2. The summed E-state index contributed by atoms with van der Waals surface area (Å²) in [5.74, 6) is -1.40. The van der Waals surface area contributed by atoms with Crippen molar-refractivity contribution in [3.8, 4) is 0 Å². The lowest BCUT2D eigenvalue weighted by Crippen LogP contribution is -2.47. The highest BCUT2D eigenvalue weighted by Gasteiger charge is 2.29. The average molecular weight is 290 g/mol. The van der Waals surface area contributed by atoms with Gasteiger partial charge in [-0.3, -0.25) is 9.59 Å². The minimum atomic E-state index is -0.716. The molecule has 1 saturated heterocycles. The van der Waals surface area contributed by atoms with E-state index < -0.39 is 11.8 Å². The molecular formula is C16H22N2O3. The van der Waals surface area contributed by atoms with Crippen LogP contribution in [0.5, 0.6) is 0 Å². The van der Waals surface area contributed by atoms with E-state index in [9.17, 15) is 9.59 Å². The molecule has 1 aliphatic heterocycles. The van der Waals surface area contributed by atoms with Gasteiger partial charge in [0, 0.05) is 13.1 Å². The Kier molecular flexibility index (Phi) is 5.75. The van der Waals surface area contributed by atoms with E-state index in [4.69, 9.17) is 10.5 Å². The molecule has 1 atom stereocenters. The van der Waals surface area contributed by atoms with Gasteiger partial charge in [-0.15, -0.1) is 0 Å². The molecular weight excluding hydrogens is 268 g/mol. The van der Waals surface area contributed by atoms with E-state index in [0.29, 0.717) is 32.7 Å². The largest absolute Gasteiger partial charge is 0.378 e. The van der Waals surface area contributed by atoms with Crippen LogP contribution in [0.1, 0.15) is 18.4 Å². The molecule has 2 rings (SSSR count). The third kappa shape index (κ3) is 4.56. The van der Waals surface area contributed by atoms with E-state index in [1.54, 1.807) is 4.90 Å². The van der Waals surface area contributed by atoms with Crippen LogP contribution in [0.15, 0.2) is 30.3 Å². The number of ether oxygens (including phenoxy) is 1. The van der Waals surface area contributed by atoms with Crippen molar-refractivity contribution in [2.24, 2.45) is 11.7 Å². The second-order valence-electron chi connectivity index (χ2n) is 5.27. The first-order valence-electron chi connectivity index (χ1n) is 7.38. The molecule has 0 radical (unpaired) electrons. The molecule has 21 heavy (non-hydrogen) atoms. The number of carbonyl (C=O) groups excluding carboxylic acids is 2. The van der Waals surface area contributed by atoms with Crippen LogP contribution < -0.4 is 5.73 Å². The lowest BCUT2D eigenvalue weighted by molar-refractivity contribution is -0.144. The first-order valence-corrected chi connectivity index (χ1v) is 7.38. The van der Waals surface area contributed by atoms with E-state index in [0.717, 1.165) is 12.8 Å². The summed E-state index contributed by atoms with van der Waals surface area (Å²) >= 11 is 0. The first kappa shape index (κ1) is 15.5. The van der Waals surface area contributed by atoms with Gasteiger partial charge in [-0.1, -0.05) is 30.3 Å². The first-order chi connectivity index (χ1) is 10.2. The predicted molar refractivity (Wildman–Crippen MR) is 79.5 cm³/mol. The summed E-state index contributed by atoms with van der Waals surface area (Å²) in [5.41, 5.74) is 6.61. The van der Waals surface area contributed by atoms with Gasteiger partial charge < -0.3 is 15.4 Å². The van der Waals surface area contributed by atoms with E-state index in [2.05, 4.69) is 0 Å². The Morgan fingerprint density at radius 2 is 1.86 bits per heavy atom. The van der Waals surface area contributed by atoms with Crippen molar-refractivity contribution in [3.63, 3.8) is 0 Å². The molecule has 2 N–H and O–H groups in total. The van der Waals surface area contributed by atoms with Crippen molar-refractivity contribution in [1.29, 1.82) is 0 Å². The van der Waals surface area contributed by atoms with Gasteiger partial charge in [-0.2, -0.15) is 0 Å². The van der Waals surface area contributed by atoms with Crippen LogP contribution in [0.3, 0.4) is 0 Å². The summed E-state index contributed by atoms with van der Waals surface area (Å²) in [6, 6.07) is 10.0. The van der Waals surface area contributed by atoms with Crippen LogP contribution in [-0.2, 0) is 20.7 Å². The highest BCUT2D eigenvalue weighted by molar-refractivity contribution is 5.99. The predicted octanol–water partition coefficient (Wildman–Crippen LogP) is 0.970. The smallest absolute Gasteiger partial charge is 0.235 e. The minimum absolute atomic E-state index is 0.154. The van der Waals surface area contributed by atoms with Gasteiger partial charge in [-0.05, 0) is 24.8 Å². The number of aryl methyl sites for hydroxylation is 1. The molecule has 1 aliphatic rings. The van der Waals surface area contributed by atoms with Crippen LogP contribution in [0.25, 0.3) is 0 Å². The topological polar surface area (TPSA) is 72.6 Å². The number of hydrogen-bond acceptors (Lipinski definition) is 3. The zero-order chi connectivity index (χ0) is 15.1. The summed E-state index contributed by atoms with van der Waals surface area (Å²) in [7, 11) is 0. The molecule has 1 aromatic carbocycles. The molecule has 0 bridgehead atoms. The van der Waals surface area contributed by atoms with Crippen molar-refractivity contribution in [1.82, 2.24) is 4.90 Å². The fraction of sp³-hybridized carbons (Fsp3) is 0.500. The second-order valence-corrected chi connectivity index (χ2v) is 5.27. The number of benzene rings is 1. The number of nitrogens with two attached hydrogens (primary N) is 1. The van der Waals surface area contributed by atoms with Gasteiger partial charge >= 0.3 is 0 Å². The quantitative estimate of drug-likeness (QED) is 0.793. The Morgan fingerprint density at radius 3 is 2.48 bits per heavy atom. The summed E-state index contributed by atoms with van der Waals surface area (Å²) < 4.78 is 5.22. The SMILES string of the molecule is NC(=O)C(CCCc1ccccc1)C(=O)N1CCOCC1. The number of nitrogens with zero attached hydrogens (tertiary/aromatic N) is 1. The summed E-state index contributed by atoms with van der Waals surface area (Å²) in [6.07, 6.45) is 2.12. The van der Waals surface area contributed by atoms with E-state index in [1.807, 2.05) is 30.3 Å². The minimum Gasteiger partial charge on any atom is -0.378 e. The fourth-order valence-corrected chi connectivity index (χ4v) is 2.55. The van der Waals surface area contributed by atoms with E-state index >= 15 is 0 Å². The molecule has 5 nitrogen and oxygen atoms in total. The van der Waals surface area contributed by atoms with Crippen molar-refractivity contribution in [3.05, 3.63) is 35.9 Å². The maximum Gasteiger partial charge on any atom is 0.235 e. The Balaban J connectivity index is 1.86. The number of rotatable bonds is 6. The zero-order valence-electron chi connectivity index (χ0n) is 12.2.